The van der Waals surface area contributed by atoms with E-state index in [1.807, 2.05) is 0 Å². The summed E-state index contributed by atoms with van der Waals surface area (Å²) in [5, 5.41) is 3.69. The number of hydrogen-bond donors (Lipinski definition) is 1. The van der Waals surface area contributed by atoms with Crippen LogP contribution < -0.4 is 5.32 Å². The van der Waals surface area contributed by atoms with Crippen LogP contribution in [0.15, 0.2) is 0 Å². The molecular formula is C16H31NO3. The molecule has 2 aliphatic rings. The molecule has 4 nitrogen and oxygen atoms in total. The molecule has 2 heterocycles. The SMILES string of the molecule is CCCNC(CC1OCCO1)C1CC(C)(C)OC1(C)C. The minimum absolute atomic E-state index is 0.0439. The van der Waals surface area contributed by atoms with Crippen molar-refractivity contribution < 1.29 is 14.2 Å². The summed E-state index contributed by atoms with van der Waals surface area (Å²) < 4.78 is 17.5. The Balaban J connectivity index is 2.04. The molecule has 0 aliphatic carbocycles. The molecule has 0 bridgehead atoms. The van der Waals surface area contributed by atoms with Gasteiger partial charge in [0, 0.05) is 18.4 Å². The van der Waals surface area contributed by atoms with Crippen LogP contribution in [-0.2, 0) is 14.2 Å². The molecule has 4 heteroatoms. The first-order chi connectivity index (χ1) is 9.34. The van der Waals surface area contributed by atoms with Crippen LogP contribution in [0.3, 0.4) is 0 Å². The standard InChI is InChI=1S/C16H31NO3/c1-6-7-17-13(10-14-18-8-9-19-14)12-11-15(2,3)20-16(12,4)5/h12-14,17H,6-11H2,1-5H3. The summed E-state index contributed by atoms with van der Waals surface area (Å²) in [6, 6.07) is 0.384. The molecule has 1 N–H and O–H groups in total. The smallest absolute Gasteiger partial charge is 0.159 e. The van der Waals surface area contributed by atoms with Crippen LogP contribution in [0.4, 0.5) is 0 Å². The topological polar surface area (TPSA) is 39.7 Å². The van der Waals surface area contributed by atoms with Crippen LogP contribution in [0, 0.1) is 5.92 Å². The maximum Gasteiger partial charge on any atom is 0.159 e. The van der Waals surface area contributed by atoms with E-state index in [1.165, 1.54) is 0 Å². The van der Waals surface area contributed by atoms with Gasteiger partial charge in [-0.05, 0) is 47.1 Å². The molecule has 0 aromatic carbocycles. The average Bonchev–Trinajstić information content (AvgIpc) is 2.89. The maximum atomic E-state index is 6.25. The van der Waals surface area contributed by atoms with E-state index in [-0.39, 0.29) is 17.5 Å². The van der Waals surface area contributed by atoms with Crippen LogP contribution in [0.2, 0.25) is 0 Å². The molecule has 0 saturated carbocycles. The highest BCUT2D eigenvalue weighted by Crippen LogP contribution is 2.44. The quantitative estimate of drug-likeness (QED) is 0.814. The van der Waals surface area contributed by atoms with E-state index in [0.29, 0.717) is 12.0 Å². The Morgan fingerprint density at radius 2 is 1.80 bits per heavy atom. The molecule has 2 rings (SSSR count). The minimum atomic E-state index is -0.104. The van der Waals surface area contributed by atoms with E-state index < -0.39 is 0 Å². The summed E-state index contributed by atoms with van der Waals surface area (Å²) in [5.74, 6) is 0.483. The van der Waals surface area contributed by atoms with Crippen molar-refractivity contribution in [3.63, 3.8) is 0 Å². The second-order valence-electron chi connectivity index (χ2n) is 7.24. The fourth-order valence-electron chi connectivity index (χ4n) is 3.70. The van der Waals surface area contributed by atoms with Gasteiger partial charge < -0.3 is 19.5 Å². The summed E-state index contributed by atoms with van der Waals surface area (Å²) >= 11 is 0. The molecule has 0 spiro atoms. The van der Waals surface area contributed by atoms with E-state index in [2.05, 4.69) is 39.9 Å². The van der Waals surface area contributed by atoms with Gasteiger partial charge in [-0.25, -0.2) is 0 Å². The van der Waals surface area contributed by atoms with E-state index in [0.717, 1.165) is 39.0 Å². The second kappa shape index (κ2) is 6.30. The Hall–Kier alpha value is -0.160. The fourth-order valence-corrected chi connectivity index (χ4v) is 3.70. The average molecular weight is 285 g/mol. The molecule has 2 aliphatic heterocycles. The van der Waals surface area contributed by atoms with Crippen LogP contribution in [0.1, 0.15) is 53.9 Å². The number of hydrogen-bond acceptors (Lipinski definition) is 4. The zero-order valence-corrected chi connectivity index (χ0v) is 13.7. The zero-order chi connectivity index (χ0) is 14.8. The highest BCUT2D eigenvalue weighted by atomic mass is 16.7. The third-order valence-corrected chi connectivity index (χ3v) is 4.42. The van der Waals surface area contributed by atoms with E-state index in [4.69, 9.17) is 14.2 Å². The fraction of sp³-hybridized carbons (Fsp3) is 1.00. The van der Waals surface area contributed by atoms with Gasteiger partial charge in [-0.2, -0.15) is 0 Å². The van der Waals surface area contributed by atoms with Gasteiger partial charge in [-0.15, -0.1) is 0 Å². The lowest BCUT2D eigenvalue weighted by molar-refractivity contribution is -0.0872. The first-order valence-electron chi connectivity index (χ1n) is 8.01. The Morgan fingerprint density at radius 3 is 2.30 bits per heavy atom. The highest BCUT2D eigenvalue weighted by molar-refractivity contribution is 4.99. The van der Waals surface area contributed by atoms with E-state index in [1.54, 1.807) is 0 Å². The molecule has 0 aromatic heterocycles. The molecule has 0 amide bonds. The second-order valence-corrected chi connectivity index (χ2v) is 7.24. The Bertz CT molecular complexity index is 311. The van der Waals surface area contributed by atoms with Gasteiger partial charge in [0.15, 0.2) is 6.29 Å². The third kappa shape index (κ3) is 3.94. The van der Waals surface area contributed by atoms with Crippen molar-refractivity contribution in [2.75, 3.05) is 19.8 Å². The largest absolute Gasteiger partial charge is 0.369 e. The molecular weight excluding hydrogens is 254 g/mol. The summed E-state index contributed by atoms with van der Waals surface area (Å²) in [6.07, 6.45) is 3.07. The third-order valence-electron chi connectivity index (χ3n) is 4.42. The first-order valence-corrected chi connectivity index (χ1v) is 8.01. The van der Waals surface area contributed by atoms with Crippen molar-refractivity contribution in [3.05, 3.63) is 0 Å². The van der Waals surface area contributed by atoms with Gasteiger partial charge >= 0.3 is 0 Å². The number of nitrogens with one attached hydrogen (secondary N) is 1. The monoisotopic (exact) mass is 285 g/mol. The van der Waals surface area contributed by atoms with Crippen LogP contribution >= 0.6 is 0 Å². The molecule has 118 valence electrons. The maximum absolute atomic E-state index is 6.25. The zero-order valence-electron chi connectivity index (χ0n) is 13.7. The summed E-state index contributed by atoms with van der Waals surface area (Å²) in [4.78, 5) is 0. The Morgan fingerprint density at radius 1 is 1.15 bits per heavy atom. The van der Waals surface area contributed by atoms with Crippen LogP contribution in [-0.4, -0.2) is 43.3 Å². The van der Waals surface area contributed by atoms with Crippen molar-refractivity contribution in [3.8, 4) is 0 Å². The number of ether oxygens (including phenoxy) is 3. The molecule has 2 fully saturated rings. The van der Waals surface area contributed by atoms with Crippen molar-refractivity contribution in [1.82, 2.24) is 5.32 Å². The van der Waals surface area contributed by atoms with Gasteiger partial charge in [0.25, 0.3) is 0 Å². The van der Waals surface area contributed by atoms with Gasteiger partial charge in [-0.3, -0.25) is 0 Å². The highest BCUT2D eigenvalue weighted by Gasteiger charge is 2.49. The molecule has 2 unspecified atom stereocenters. The van der Waals surface area contributed by atoms with Gasteiger partial charge in [0.1, 0.15) is 0 Å². The Labute approximate surface area is 123 Å². The predicted octanol–water partition coefficient (Wildman–Crippen LogP) is 2.71. The van der Waals surface area contributed by atoms with Gasteiger partial charge in [0.05, 0.1) is 24.4 Å². The lowest BCUT2D eigenvalue weighted by atomic mass is 9.80. The van der Waals surface area contributed by atoms with Crippen molar-refractivity contribution in [2.45, 2.75) is 77.4 Å². The van der Waals surface area contributed by atoms with Crippen molar-refractivity contribution >= 4 is 0 Å². The van der Waals surface area contributed by atoms with Crippen molar-refractivity contribution in [2.24, 2.45) is 5.92 Å². The van der Waals surface area contributed by atoms with E-state index >= 15 is 0 Å². The summed E-state index contributed by atoms with van der Waals surface area (Å²) in [7, 11) is 0. The predicted molar refractivity (Wildman–Crippen MR) is 79.7 cm³/mol. The molecule has 2 saturated heterocycles. The lowest BCUT2D eigenvalue weighted by Crippen LogP contribution is -2.46. The lowest BCUT2D eigenvalue weighted by Gasteiger charge is -2.34. The summed E-state index contributed by atoms with van der Waals surface area (Å²) in [6.45, 7) is 13.5. The van der Waals surface area contributed by atoms with Crippen LogP contribution in [0.5, 0.6) is 0 Å². The molecule has 20 heavy (non-hydrogen) atoms. The van der Waals surface area contributed by atoms with Gasteiger partial charge in [0.2, 0.25) is 0 Å². The normalized spacial score (nSPS) is 30.8. The van der Waals surface area contributed by atoms with Gasteiger partial charge in [-0.1, -0.05) is 6.92 Å². The van der Waals surface area contributed by atoms with Crippen molar-refractivity contribution in [1.29, 1.82) is 0 Å². The van der Waals surface area contributed by atoms with Crippen LogP contribution in [0.25, 0.3) is 0 Å². The Kier molecular flexibility index (Phi) is 5.11. The molecule has 2 atom stereocenters. The minimum Gasteiger partial charge on any atom is -0.369 e. The summed E-state index contributed by atoms with van der Waals surface area (Å²) in [5.41, 5.74) is -0.148. The first kappa shape index (κ1) is 16.2. The number of rotatable bonds is 6. The molecule has 0 aromatic rings. The van der Waals surface area contributed by atoms with E-state index in [9.17, 15) is 0 Å². The molecule has 0 radical (unpaired) electrons.